The highest BCUT2D eigenvalue weighted by Gasteiger charge is 2.12. The van der Waals surface area contributed by atoms with Gasteiger partial charge in [0.05, 0.1) is 4.92 Å². The lowest BCUT2D eigenvalue weighted by molar-refractivity contribution is -0.383. The van der Waals surface area contributed by atoms with Crippen LogP contribution in [-0.4, -0.2) is 4.92 Å². The van der Waals surface area contributed by atoms with Crippen molar-refractivity contribution in [3.63, 3.8) is 0 Å². The molecular weight excluding hydrogens is 194 g/mol. The van der Waals surface area contributed by atoms with E-state index in [1.165, 1.54) is 18.2 Å². The molecule has 1 N–H and O–H groups in total. The molecule has 0 bridgehead atoms. The molecule has 0 radical (unpaired) electrons. The Labute approximate surface area is 78.7 Å². The Balaban J connectivity index is 3.20. The van der Waals surface area contributed by atoms with Crippen molar-refractivity contribution in [1.82, 2.24) is 0 Å². The summed E-state index contributed by atoms with van der Waals surface area (Å²) < 4.78 is 0. The lowest BCUT2D eigenvalue weighted by atomic mass is 10.3. The minimum Gasteiger partial charge on any atom is -0.286 e. The summed E-state index contributed by atoms with van der Waals surface area (Å²) in [6.07, 6.45) is 1.59. The van der Waals surface area contributed by atoms with E-state index >= 15 is 0 Å². The molecule has 0 unspecified atom stereocenters. The molecule has 0 aromatic heterocycles. The molecule has 0 amide bonds. The van der Waals surface area contributed by atoms with E-state index in [-0.39, 0.29) is 11.4 Å². The number of nitrogens with zero attached hydrogens (tertiary/aromatic N) is 2. The van der Waals surface area contributed by atoms with Crippen LogP contribution in [0.15, 0.2) is 18.2 Å². The lowest BCUT2D eigenvalue weighted by Crippen LogP contribution is -1.95. The Hall–Kier alpha value is -1.80. The second kappa shape index (κ2) is 3.74. The van der Waals surface area contributed by atoms with E-state index in [4.69, 9.17) is 16.9 Å². The molecule has 0 aliphatic rings. The van der Waals surface area contributed by atoms with Gasteiger partial charge in [-0.2, -0.15) is 5.26 Å². The molecule has 5 nitrogen and oxygen atoms in total. The maximum Gasteiger partial charge on any atom is 0.293 e. The Morgan fingerprint density at radius 3 is 2.85 bits per heavy atom. The zero-order valence-electron chi connectivity index (χ0n) is 6.32. The molecule has 0 aliphatic heterocycles. The van der Waals surface area contributed by atoms with Gasteiger partial charge in [-0.15, -0.1) is 0 Å². The van der Waals surface area contributed by atoms with Gasteiger partial charge in [0.1, 0.15) is 5.69 Å². The summed E-state index contributed by atoms with van der Waals surface area (Å²) in [5.74, 6) is 0. The number of nitro groups is 1. The molecule has 0 saturated carbocycles. The van der Waals surface area contributed by atoms with Gasteiger partial charge in [-0.1, -0.05) is 11.6 Å². The van der Waals surface area contributed by atoms with Crippen molar-refractivity contribution < 1.29 is 4.92 Å². The molecule has 0 saturated heterocycles. The van der Waals surface area contributed by atoms with Crippen molar-refractivity contribution in [3.8, 4) is 6.19 Å². The minimum atomic E-state index is -0.587. The van der Waals surface area contributed by atoms with Crippen LogP contribution in [0.5, 0.6) is 0 Å². The summed E-state index contributed by atoms with van der Waals surface area (Å²) in [5, 5.41) is 21.2. The summed E-state index contributed by atoms with van der Waals surface area (Å²) in [6, 6.07) is 3.95. The first kappa shape index (κ1) is 9.29. The van der Waals surface area contributed by atoms with Gasteiger partial charge in [0.15, 0.2) is 6.19 Å². The fourth-order valence-electron chi connectivity index (χ4n) is 0.828. The van der Waals surface area contributed by atoms with E-state index in [1.807, 2.05) is 0 Å². The third kappa shape index (κ3) is 2.07. The predicted octanol–water partition coefficient (Wildman–Crippen LogP) is 2.14. The Morgan fingerprint density at radius 1 is 1.62 bits per heavy atom. The summed E-state index contributed by atoms with van der Waals surface area (Å²) in [4.78, 5) is 9.83. The number of nitro benzene ring substituents is 1. The van der Waals surface area contributed by atoms with E-state index in [0.717, 1.165) is 0 Å². The Bertz CT molecular complexity index is 386. The predicted molar refractivity (Wildman–Crippen MR) is 47.3 cm³/mol. The summed E-state index contributed by atoms with van der Waals surface area (Å²) in [6.45, 7) is 0. The van der Waals surface area contributed by atoms with E-state index < -0.39 is 4.92 Å². The molecule has 0 atom stereocenters. The van der Waals surface area contributed by atoms with Gasteiger partial charge in [0.2, 0.25) is 0 Å². The highest BCUT2D eigenvalue weighted by atomic mass is 35.5. The van der Waals surface area contributed by atoms with Crippen molar-refractivity contribution in [2.24, 2.45) is 0 Å². The van der Waals surface area contributed by atoms with Crippen LogP contribution in [0.2, 0.25) is 5.02 Å². The standard InChI is InChI=1S/C7H4ClN3O2/c8-5-1-2-7(11(12)13)6(3-5)10-4-9/h1-3,10H. The van der Waals surface area contributed by atoms with Crippen LogP contribution in [0.1, 0.15) is 0 Å². The van der Waals surface area contributed by atoms with E-state index in [9.17, 15) is 10.1 Å². The zero-order chi connectivity index (χ0) is 9.84. The van der Waals surface area contributed by atoms with Gasteiger partial charge in [-0.05, 0) is 12.1 Å². The molecule has 0 heterocycles. The highest BCUT2D eigenvalue weighted by molar-refractivity contribution is 6.31. The van der Waals surface area contributed by atoms with Crippen LogP contribution in [0, 0.1) is 21.6 Å². The monoisotopic (exact) mass is 197 g/mol. The number of anilines is 1. The lowest BCUT2D eigenvalue weighted by Gasteiger charge is -1.99. The van der Waals surface area contributed by atoms with Crippen LogP contribution in [-0.2, 0) is 0 Å². The first-order chi connectivity index (χ1) is 6.15. The fourth-order valence-corrected chi connectivity index (χ4v) is 1.000. The first-order valence-corrected chi connectivity index (χ1v) is 3.62. The van der Waals surface area contributed by atoms with E-state index in [2.05, 4.69) is 5.32 Å². The molecule has 6 heteroatoms. The van der Waals surface area contributed by atoms with Crippen LogP contribution >= 0.6 is 11.6 Å². The minimum absolute atomic E-state index is 0.0972. The number of nitrogens with one attached hydrogen (secondary N) is 1. The maximum absolute atomic E-state index is 10.4. The van der Waals surface area contributed by atoms with Crippen molar-refractivity contribution >= 4 is 23.0 Å². The Kier molecular flexibility index (Phi) is 2.67. The molecular formula is C7H4ClN3O2. The first-order valence-electron chi connectivity index (χ1n) is 3.24. The van der Waals surface area contributed by atoms with Crippen molar-refractivity contribution in [2.45, 2.75) is 0 Å². The maximum atomic E-state index is 10.4. The number of hydrogen-bond acceptors (Lipinski definition) is 4. The van der Waals surface area contributed by atoms with Gasteiger partial charge in [0, 0.05) is 11.1 Å². The molecule has 1 aromatic rings. The smallest absolute Gasteiger partial charge is 0.286 e. The molecule has 13 heavy (non-hydrogen) atoms. The number of rotatable bonds is 2. The zero-order valence-corrected chi connectivity index (χ0v) is 7.08. The summed E-state index contributed by atoms with van der Waals surface area (Å²) >= 11 is 5.59. The average molecular weight is 198 g/mol. The van der Waals surface area contributed by atoms with Crippen LogP contribution in [0.3, 0.4) is 0 Å². The van der Waals surface area contributed by atoms with Crippen molar-refractivity contribution in [3.05, 3.63) is 33.3 Å². The molecule has 0 spiro atoms. The number of halogens is 1. The third-order valence-corrected chi connectivity index (χ3v) is 1.58. The number of hydrogen-bond donors (Lipinski definition) is 1. The SMILES string of the molecule is N#CNc1cc(Cl)ccc1[N+](=O)[O-]. The largest absolute Gasteiger partial charge is 0.293 e. The van der Waals surface area contributed by atoms with Crippen LogP contribution < -0.4 is 5.32 Å². The molecule has 1 rings (SSSR count). The van der Waals surface area contributed by atoms with Gasteiger partial charge < -0.3 is 0 Å². The second-order valence-corrected chi connectivity index (χ2v) is 2.59. The quantitative estimate of drug-likeness (QED) is 0.341. The number of benzene rings is 1. The van der Waals surface area contributed by atoms with E-state index in [1.54, 1.807) is 6.19 Å². The van der Waals surface area contributed by atoms with Gasteiger partial charge >= 0.3 is 0 Å². The second-order valence-electron chi connectivity index (χ2n) is 2.16. The molecule has 1 aromatic carbocycles. The highest BCUT2D eigenvalue weighted by Crippen LogP contribution is 2.26. The third-order valence-electron chi connectivity index (χ3n) is 1.35. The van der Waals surface area contributed by atoms with E-state index in [0.29, 0.717) is 5.02 Å². The van der Waals surface area contributed by atoms with Crippen LogP contribution in [0.25, 0.3) is 0 Å². The molecule has 0 aliphatic carbocycles. The van der Waals surface area contributed by atoms with Gasteiger partial charge in [-0.3, -0.25) is 15.4 Å². The van der Waals surface area contributed by atoms with Crippen molar-refractivity contribution in [1.29, 1.82) is 5.26 Å². The summed E-state index contributed by atoms with van der Waals surface area (Å²) in [5.41, 5.74) is -0.0778. The molecule has 66 valence electrons. The average Bonchev–Trinajstić information content (AvgIpc) is 2.04. The normalized spacial score (nSPS) is 8.92. The van der Waals surface area contributed by atoms with Gasteiger partial charge in [0.25, 0.3) is 5.69 Å². The van der Waals surface area contributed by atoms with Crippen molar-refractivity contribution in [2.75, 3.05) is 5.32 Å². The topological polar surface area (TPSA) is 79.0 Å². The van der Waals surface area contributed by atoms with Crippen LogP contribution in [0.4, 0.5) is 11.4 Å². The fraction of sp³-hybridized carbons (Fsp3) is 0. The number of nitriles is 1. The Morgan fingerprint density at radius 2 is 2.31 bits per heavy atom. The molecule has 0 fully saturated rings. The summed E-state index contributed by atoms with van der Waals surface area (Å²) in [7, 11) is 0. The van der Waals surface area contributed by atoms with Gasteiger partial charge in [-0.25, -0.2) is 0 Å².